The Kier molecular flexibility index (Phi) is 15.0. The highest BCUT2D eigenvalue weighted by atomic mass is 17.1. The van der Waals surface area contributed by atoms with Crippen LogP contribution >= 0.6 is 0 Å². The molecule has 0 amide bonds. The van der Waals surface area contributed by atoms with Crippen molar-refractivity contribution in [2.24, 2.45) is 0 Å². The predicted octanol–water partition coefficient (Wildman–Crippen LogP) is 5.13. The highest BCUT2D eigenvalue weighted by Crippen LogP contribution is 2.09. The van der Waals surface area contributed by atoms with E-state index in [1.54, 1.807) is 0 Å². The van der Waals surface area contributed by atoms with Crippen molar-refractivity contribution >= 4 is 5.97 Å². The first-order valence-electron chi connectivity index (χ1n) is 8.20. The smallest absolute Gasteiger partial charge is 0.336 e. The van der Waals surface area contributed by atoms with Gasteiger partial charge in [-0.1, -0.05) is 62.6 Å². The van der Waals surface area contributed by atoms with Crippen molar-refractivity contribution in [3.8, 4) is 0 Å². The van der Waals surface area contributed by atoms with E-state index in [0.29, 0.717) is 6.42 Å². The van der Waals surface area contributed by atoms with Crippen LogP contribution in [0.15, 0.2) is 36.5 Å². The van der Waals surface area contributed by atoms with E-state index in [1.165, 1.54) is 0 Å². The summed E-state index contributed by atoms with van der Waals surface area (Å²) >= 11 is 0. The van der Waals surface area contributed by atoms with Crippen molar-refractivity contribution in [3.05, 3.63) is 36.5 Å². The number of hydrogen-bond donors (Lipinski definition) is 2. The van der Waals surface area contributed by atoms with Crippen LogP contribution in [0.1, 0.15) is 64.7 Å². The van der Waals surface area contributed by atoms with Crippen LogP contribution in [-0.4, -0.2) is 22.4 Å². The van der Waals surface area contributed by atoms with E-state index in [9.17, 15) is 4.79 Å². The molecule has 0 aliphatic carbocycles. The molecule has 0 saturated carbocycles. The second kappa shape index (κ2) is 16.0. The normalized spacial score (nSPS) is 13.5. The van der Waals surface area contributed by atoms with Gasteiger partial charge >= 0.3 is 5.97 Å². The Morgan fingerprint density at radius 3 is 2.14 bits per heavy atom. The van der Waals surface area contributed by atoms with Gasteiger partial charge in [-0.3, -0.25) is 5.26 Å². The van der Waals surface area contributed by atoms with Crippen LogP contribution in [0.2, 0.25) is 0 Å². The molecule has 1 unspecified atom stereocenters. The van der Waals surface area contributed by atoms with E-state index < -0.39 is 12.1 Å². The molecular formula is C18H30O4. The van der Waals surface area contributed by atoms with Gasteiger partial charge in [-0.2, -0.15) is 0 Å². The summed E-state index contributed by atoms with van der Waals surface area (Å²) in [6.07, 6.45) is 20.4. The molecule has 0 bridgehead atoms. The average Bonchev–Trinajstić information content (AvgIpc) is 2.51. The minimum Gasteiger partial charge on any atom is -0.479 e. The van der Waals surface area contributed by atoms with Crippen LogP contribution in [0.3, 0.4) is 0 Å². The lowest BCUT2D eigenvalue weighted by Crippen LogP contribution is -2.22. The van der Waals surface area contributed by atoms with Gasteiger partial charge in [0.05, 0.1) is 0 Å². The van der Waals surface area contributed by atoms with Crippen molar-refractivity contribution in [2.45, 2.75) is 70.8 Å². The minimum atomic E-state index is -1.11. The number of aliphatic carboxylic acids is 1. The van der Waals surface area contributed by atoms with Gasteiger partial charge in [0.2, 0.25) is 0 Å². The van der Waals surface area contributed by atoms with Gasteiger partial charge in [0, 0.05) is 0 Å². The molecule has 0 radical (unpaired) electrons. The Hall–Kier alpha value is -1.39. The molecule has 0 aromatic heterocycles. The number of carbonyl (C=O) groups is 1. The first kappa shape index (κ1) is 20.6. The van der Waals surface area contributed by atoms with Crippen LogP contribution in [-0.2, 0) is 9.68 Å². The minimum absolute atomic E-state index is 0.360. The van der Waals surface area contributed by atoms with Crippen molar-refractivity contribution in [1.29, 1.82) is 0 Å². The lowest BCUT2D eigenvalue weighted by molar-refractivity contribution is -0.277. The molecule has 2 N–H and O–H groups in total. The summed E-state index contributed by atoms with van der Waals surface area (Å²) in [6.45, 7) is 2.13. The van der Waals surface area contributed by atoms with Crippen molar-refractivity contribution in [2.75, 3.05) is 0 Å². The maximum absolute atomic E-state index is 10.6. The van der Waals surface area contributed by atoms with Gasteiger partial charge in [0.25, 0.3) is 0 Å². The topological polar surface area (TPSA) is 66.8 Å². The Labute approximate surface area is 134 Å². The first-order chi connectivity index (χ1) is 10.7. The Morgan fingerprint density at radius 1 is 0.955 bits per heavy atom. The van der Waals surface area contributed by atoms with E-state index in [-0.39, 0.29) is 0 Å². The molecule has 0 aromatic rings. The zero-order valence-corrected chi connectivity index (χ0v) is 13.6. The zero-order chi connectivity index (χ0) is 16.5. The quantitative estimate of drug-likeness (QED) is 0.202. The summed E-state index contributed by atoms with van der Waals surface area (Å²) in [5, 5.41) is 17.1. The van der Waals surface area contributed by atoms with Gasteiger partial charge in [-0.05, 0) is 38.5 Å². The lowest BCUT2D eigenvalue weighted by Gasteiger charge is -2.07. The lowest BCUT2D eigenvalue weighted by atomic mass is 10.1. The molecule has 0 fully saturated rings. The molecule has 0 aromatic carbocycles. The molecule has 0 aliphatic heterocycles. The molecule has 22 heavy (non-hydrogen) atoms. The SMILES string of the molecule is CC/C=C\C/C=C\C/C=C\CCCCCCC(OO)C(=O)O. The maximum Gasteiger partial charge on any atom is 0.336 e. The maximum atomic E-state index is 10.6. The summed E-state index contributed by atoms with van der Waals surface area (Å²) in [4.78, 5) is 14.5. The van der Waals surface area contributed by atoms with Gasteiger partial charge in [-0.15, -0.1) is 0 Å². The molecule has 4 heteroatoms. The summed E-state index contributed by atoms with van der Waals surface area (Å²) in [5.74, 6) is -1.11. The molecule has 1 atom stereocenters. The second-order valence-corrected chi connectivity index (χ2v) is 5.22. The second-order valence-electron chi connectivity index (χ2n) is 5.22. The number of carboxylic acids is 1. The van der Waals surface area contributed by atoms with Crippen molar-refractivity contribution in [3.63, 3.8) is 0 Å². The highest BCUT2D eigenvalue weighted by Gasteiger charge is 2.16. The summed E-state index contributed by atoms with van der Waals surface area (Å²) in [7, 11) is 0. The van der Waals surface area contributed by atoms with Crippen LogP contribution in [0.5, 0.6) is 0 Å². The van der Waals surface area contributed by atoms with E-state index in [4.69, 9.17) is 10.4 Å². The van der Waals surface area contributed by atoms with Crippen molar-refractivity contribution < 1.29 is 20.0 Å². The highest BCUT2D eigenvalue weighted by molar-refractivity contribution is 5.72. The first-order valence-corrected chi connectivity index (χ1v) is 8.20. The fourth-order valence-corrected chi connectivity index (χ4v) is 1.99. The molecular weight excluding hydrogens is 280 g/mol. The number of unbranched alkanes of at least 4 members (excludes halogenated alkanes) is 4. The molecule has 0 rings (SSSR count). The predicted molar refractivity (Wildman–Crippen MR) is 89.8 cm³/mol. The van der Waals surface area contributed by atoms with E-state index in [1.807, 2.05) is 0 Å². The third-order valence-corrected chi connectivity index (χ3v) is 3.27. The summed E-state index contributed by atoms with van der Waals surface area (Å²) in [5.41, 5.74) is 0. The summed E-state index contributed by atoms with van der Waals surface area (Å²) in [6, 6.07) is 0. The Bertz CT molecular complexity index is 345. The molecule has 0 aliphatic rings. The average molecular weight is 310 g/mol. The standard InChI is InChI=1S/C18H30O4/c1-2-3-4-5-6-7-8-9-10-11-12-13-14-15-16-17(22-21)18(19)20/h3-4,6-7,9-10,17,21H,2,5,8,11-16H2,1H3,(H,19,20)/b4-3-,7-6-,10-9-. The fraction of sp³-hybridized carbons (Fsp3) is 0.611. The third-order valence-electron chi connectivity index (χ3n) is 3.27. The van der Waals surface area contributed by atoms with E-state index >= 15 is 0 Å². The summed E-state index contributed by atoms with van der Waals surface area (Å²) < 4.78 is 0. The Morgan fingerprint density at radius 2 is 1.55 bits per heavy atom. The molecule has 126 valence electrons. The third kappa shape index (κ3) is 13.6. The number of rotatable bonds is 14. The number of hydrogen-bond acceptors (Lipinski definition) is 3. The molecule has 0 heterocycles. The van der Waals surface area contributed by atoms with Crippen molar-refractivity contribution in [1.82, 2.24) is 0 Å². The number of carboxylic acid groups (broad SMARTS) is 1. The van der Waals surface area contributed by atoms with Crippen LogP contribution in [0.25, 0.3) is 0 Å². The molecule has 4 nitrogen and oxygen atoms in total. The fourth-order valence-electron chi connectivity index (χ4n) is 1.99. The van der Waals surface area contributed by atoms with Gasteiger partial charge in [0.1, 0.15) is 0 Å². The Balaban J connectivity index is 3.40. The molecule has 0 spiro atoms. The van der Waals surface area contributed by atoms with Gasteiger partial charge in [0.15, 0.2) is 6.10 Å². The largest absolute Gasteiger partial charge is 0.479 e. The number of allylic oxidation sites excluding steroid dienone is 6. The zero-order valence-electron chi connectivity index (χ0n) is 13.6. The van der Waals surface area contributed by atoms with E-state index in [0.717, 1.165) is 51.4 Å². The monoisotopic (exact) mass is 310 g/mol. The van der Waals surface area contributed by atoms with E-state index in [2.05, 4.69) is 48.3 Å². The van der Waals surface area contributed by atoms with Crippen LogP contribution < -0.4 is 0 Å². The van der Waals surface area contributed by atoms with Crippen LogP contribution in [0.4, 0.5) is 0 Å². The van der Waals surface area contributed by atoms with Gasteiger partial charge in [-0.25, -0.2) is 9.68 Å². The van der Waals surface area contributed by atoms with Gasteiger partial charge < -0.3 is 5.11 Å². The molecule has 0 saturated heterocycles. The van der Waals surface area contributed by atoms with Crippen LogP contribution in [0, 0.1) is 0 Å².